The summed E-state index contributed by atoms with van der Waals surface area (Å²) in [4.78, 5) is 6.26. The van der Waals surface area contributed by atoms with Gasteiger partial charge in [-0.2, -0.15) is 5.26 Å². The SMILES string of the molecule is C=C1C(C#N)=CN2c3c(c(NCCCc4ccccn4)c(F)c(N)c31)OCC2(C)C. The zero-order chi connectivity index (χ0) is 21.5. The van der Waals surface area contributed by atoms with Gasteiger partial charge in [-0.15, -0.1) is 0 Å². The predicted molar refractivity (Wildman–Crippen MR) is 117 cm³/mol. The van der Waals surface area contributed by atoms with E-state index in [1.807, 2.05) is 36.9 Å². The third kappa shape index (κ3) is 3.14. The number of nitrogen functional groups attached to an aromatic ring is 1. The molecule has 7 heteroatoms. The van der Waals surface area contributed by atoms with Gasteiger partial charge in [0, 0.05) is 30.2 Å². The molecule has 2 aromatic rings. The van der Waals surface area contributed by atoms with Crippen molar-refractivity contribution in [1.29, 1.82) is 5.26 Å². The first-order valence-electron chi connectivity index (χ1n) is 9.87. The predicted octanol–water partition coefficient (Wildman–Crippen LogP) is 4.26. The molecule has 1 aromatic heterocycles. The molecule has 3 N–H and O–H groups in total. The van der Waals surface area contributed by atoms with Crippen LogP contribution in [-0.4, -0.2) is 23.7 Å². The van der Waals surface area contributed by atoms with E-state index in [0.29, 0.717) is 41.3 Å². The van der Waals surface area contributed by atoms with Crippen molar-refractivity contribution < 1.29 is 9.13 Å². The van der Waals surface area contributed by atoms with Gasteiger partial charge >= 0.3 is 0 Å². The Hall–Kier alpha value is -3.53. The summed E-state index contributed by atoms with van der Waals surface area (Å²) in [5.41, 5.74) is 8.83. The van der Waals surface area contributed by atoms with E-state index in [-0.39, 0.29) is 11.4 Å². The summed E-state index contributed by atoms with van der Waals surface area (Å²) >= 11 is 0. The molecule has 0 amide bonds. The Bertz CT molecular complexity index is 1090. The van der Waals surface area contributed by atoms with Crippen molar-refractivity contribution in [3.63, 3.8) is 0 Å². The second-order valence-corrected chi connectivity index (χ2v) is 8.11. The van der Waals surface area contributed by atoms with Gasteiger partial charge in [-0.05, 0) is 44.4 Å². The molecule has 2 aliphatic heterocycles. The van der Waals surface area contributed by atoms with E-state index in [0.717, 1.165) is 18.5 Å². The van der Waals surface area contributed by atoms with Crippen molar-refractivity contribution in [3.8, 4) is 11.8 Å². The van der Waals surface area contributed by atoms with Crippen molar-refractivity contribution in [3.05, 3.63) is 59.8 Å². The van der Waals surface area contributed by atoms with Crippen molar-refractivity contribution in [2.24, 2.45) is 0 Å². The van der Waals surface area contributed by atoms with Crippen LogP contribution in [0.25, 0.3) is 5.57 Å². The van der Waals surface area contributed by atoms with E-state index in [2.05, 4.69) is 22.9 Å². The topological polar surface area (TPSA) is 87.2 Å². The molecule has 0 fully saturated rings. The standard InChI is InChI=1S/C23H24FN5O/c1-14-15(11-25)12-29-21-17(14)19(26)18(24)20(22(21)30-13-23(29,2)3)28-10-6-8-16-7-4-5-9-27-16/h4-5,7,9,12,28H,1,6,8,10,13,26H2,2-3H3. The van der Waals surface area contributed by atoms with Crippen LogP contribution in [0.4, 0.5) is 21.5 Å². The highest BCUT2D eigenvalue weighted by Gasteiger charge is 2.42. The fourth-order valence-electron chi connectivity index (χ4n) is 3.86. The first kappa shape index (κ1) is 19.8. The van der Waals surface area contributed by atoms with E-state index in [1.165, 1.54) is 0 Å². The molecule has 0 aliphatic carbocycles. The first-order valence-corrected chi connectivity index (χ1v) is 9.87. The van der Waals surface area contributed by atoms with E-state index >= 15 is 4.39 Å². The van der Waals surface area contributed by atoms with Gasteiger partial charge in [0.1, 0.15) is 18.4 Å². The van der Waals surface area contributed by atoms with Gasteiger partial charge in [0.05, 0.1) is 22.5 Å². The summed E-state index contributed by atoms with van der Waals surface area (Å²) in [5, 5.41) is 12.7. The highest BCUT2D eigenvalue weighted by atomic mass is 19.1. The largest absolute Gasteiger partial charge is 0.487 e. The maximum Gasteiger partial charge on any atom is 0.173 e. The number of allylic oxidation sites excluding steroid dienone is 2. The molecule has 0 bridgehead atoms. The number of nitrogens with zero attached hydrogens (tertiary/aromatic N) is 3. The minimum atomic E-state index is -0.582. The van der Waals surface area contributed by atoms with Gasteiger partial charge < -0.3 is 20.7 Å². The molecule has 4 rings (SSSR count). The lowest BCUT2D eigenvalue weighted by Gasteiger charge is -2.46. The van der Waals surface area contributed by atoms with Gasteiger partial charge in [-0.3, -0.25) is 4.98 Å². The summed E-state index contributed by atoms with van der Waals surface area (Å²) < 4.78 is 21.3. The molecule has 30 heavy (non-hydrogen) atoms. The van der Waals surface area contributed by atoms with Crippen LogP contribution in [0.2, 0.25) is 0 Å². The van der Waals surface area contributed by atoms with Crippen LogP contribution in [-0.2, 0) is 6.42 Å². The number of nitrogens with one attached hydrogen (secondary N) is 1. The maximum atomic E-state index is 15.3. The first-order chi connectivity index (χ1) is 14.3. The van der Waals surface area contributed by atoms with Gasteiger partial charge in [-0.25, -0.2) is 4.39 Å². The molecule has 6 nitrogen and oxygen atoms in total. The zero-order valence-corrected chi connectivity index (χ0v) is 17.1. The molecule has 0 spiro atoms. The number of aryl methyl sites for hydroxylation is 1. The Morgan fingerprint density at radius 3 is 2.93 bits per heavy atom. The number of ether oxygens (including phenoxy) is 1. The van der Waals surface area contributed by atoms with Crippen LogP contribution in [0.1, 0.15) is 31.5 Å². The maximum absolute atomic E-state index is 15.3. The van der Waals surface area contributed by atoms with E-state index < -0.39 is 11.4 Å². The molecule has 1 aromatic carbocycles. The Morgan fingerprint density at radius 1 is 1.43 bits per heavy atom. The molecule has 2 aliphatic rings. The van der Waals surface area contributed by atoms with Crippen LogP contribution >= 0.6 is 0 Å². The number of benzene rings is 1. The molecule has 154 valence electrons. The third-order valence-corrected chi connectivity index (χ3v) is 5.51. The second-order valence-electron chi connectivity index (χ2n) is 8.11. The van der Waals surface area contributed by atoms with Crippen molar-refractivity contribution in [2.75, 3.05) is 29.1 Å². The molecule has 3 heterocycles. The molecule has 0 unspecified atom stereocenters. The lowest BCUT2D eigenvalue weighted by atomic mass is 9.88. The Labute approximate surface area is 175 Å². The van der Waals surface area contributed by atoms with E-state index in [9.17, 15) is 5.26 Å². The zero-order valence-electron chi connectivity index (χ0n) is 17.1. The number of pyridine rings is 1. The lowest BCUT2D eigenvalue weighted by molar-refractivity contribution is 0.222. The van der Waals surface area contributed by atoms with Crippen LogP contribution in [0.5, 0.6) is 5.75 Å². The third-order valence-electron chi connectivity index (χ3n) is 5.51. The normalized spacial score (nSPS) is 16.3. The van der Waals surface area contributed by atoms with Gasteiger partial charge in [0.25, 0.3) is 0 Å². The Balaban J connectivity index is 1.69. The molecular formula is C23H24FN5O. The Morgan fingerprint density at radius 2 is 2.23 bits per heavy atom. The van der Waals surface area contributed by atoms with Crippen molar-refractivity contribution >= 4 is 22.6 Å². The summed E-state index contributed by atoms with van der Waals surface area (Å²) in [7, 11) is 0. The molecule has 0 atom stereocenters. The highest BCUT2D eigenvalue weighted by molar-refractivity contribution is 6.01. The van der Waals surface area contributed by atoms with E-state index in [4.69, 9.17) is 10.5 Å². The van der Waals surface area contributed by atoms with Crippen LogP contribution < -0.4 is 20.7 Å². The fraction of sp³-hybridized carbons (Fsp3) is 0.304. The second kappa shape index (κ2) is 7.38. The van der Waals surface area contributed by atoms with Crippen LogP contribution in [0.3, 0.4) is 0 Å². The number of anilines is 3. The monoisotopic (exact) mass is 405 g/mol. The molecule has 0 saturated heterocycles. The number of nitriles is 1. The van der Waals surface area contributed by atoms with Crippen molar-refractivity contribution in [1.82, 2.24) is 4.98 Å². The molecular weight excluding hydrogens is 381 g/mol. The van der Waals surface area contributed by atoms with Crippen LogP contribution in [0, 0.1) is 17.1 Å². The van der Waals surface area contributed by atoms with E-state index in [1.54, 1.807) is 12.4 Å². The number of nitrogens with two attached hydrogens (primary N) is 1. The highest BCUT2D eigenvalue weighted by Crippen LogP contribution is 2.54. The number of hydrogen-bond acceptors (Lipinski definition) is 6. The Kier molecular flexibility index (Phi) is 4.86. The fourth-order valence-corrected chi connectivity index (χ4v) is 3.86. The van der Waals surface area contributed by atoms with Crippen molar-refractivity contribution in [2.45, 2.75) is 32.2 Å². The van der Waals surface area contributed by atoms with Gasteiger partial charge in [-0.1, -0.05) is 12.6 Å². The lowest BCUT2D eigenvalue weighted by Crippen LogP contribution is -2.50. The average Bonchev–Trinajstić information content (AvgIpc) is 2.73. The quantitative estimate of drug-likeness (QED) is 0.571. The summed E-state index contributed by atoms with van der Waals surface area (Å²) in [6.07, 6.45) is 5.05. The summed E-state index contributed by atoms with van der Waals surface area (Å²) in [6, 6.07) is 7.93. The summed E-state index contributed by atoms with van der Waals surface area (Å²) in [5.74, 6) is -0.176. The van der Waals surface area contributed by atoms with Gasteiger partial charge in [0.2, 0.25) is 0 Å². The molecule has 0 radical (unpaired) electrons. The number of hydrogen-bond donors (Lipinski definition) is 2. The number of aromatic nitrogens is 1. The van der Waals surface area contributed by atoms with Gasteiger partial charge in [0.15, 0.2) is 11.6 Å². The molecule has 0 saturated carbocycles. The summed E-state index contributed by atoms with van der Waals surface area (Å²) in [6.45, 7) is 8.85. The minimum Gasteiger partial charge on any atom is -0.487 e. The number of halogens is 1. The number of rotatable bonds is 5. The van der Waals surface area contributed by atoms with Crippen LogP contribution in [0.15, 0.2) is 42.7 Å². The average molecular weight is 405 g/mol. The smallest absolute Gasteiger partial charge is 0.173 e. The minimum absolute atomic E-state index is 0.0295.